The third-order valence-electron chi connectivity index (χ3n) is 5.23. The molecule has 0 radical (unpaired) electrons. The third-order valence-corrected chi connectivity index (χ3v) is 5.23. The number of nitrogens with two attached hydrogens (primary N) is 1. The van der Waals surface area contributed by atoms with E-state index in [-0.39, 0.29) is 12.3 Å². The Labute approximate surface area is 174 Å². The molecule has 0 saturated carbocycles. The summed E-state index contributed by atoms with van der Waals surface area (Å²) in [4.78, 5) is 35.4. The zero-order valence-electron chi connectivity index (χ0n) is 17.2. The number of piperidine rings is 1. The number of carbonyl (C=O) groups excluding carboxylic acids is 2. The number of primary amides is 1. The smallest absolute Gasteiger partial charge is 0.252 e. The number of benzene rings is 1. The highest BCUT2D eigenvalue weighted by Crippen LogP contribution is 2.30. The van der Waals surface area contributed by atoms with Crippen molar-refractivity contribution in [2.75, 3.05) is 23.3 Å². The lowest BCUT2D eigenvalue weighted by Gasteiger charge is -2.30. The first-order valence-electron chi connectivity index (χ1n) is 10.1. The van der Waals surface area contributed by atoms with Gasteiger partial charge in [-0.15, -0.1) is 5.10 Å². The van der Waals surface area contributed by atoms with E-state index in [4.69, 9.17) is 5.73 Å². The standard InChI is InChI=1S/C21H25N7O2/c1-13-10-14(2)28-21(23-13)25-18(26-28)12-19(29)24-16-11-15(20(22)30)6-7-17(16)27-8-4-3-5-9-27/h6-7,10-11H,3-5,8-9,12H2,1-2H3,(H2,22,30)(H,24,29). The van der Waals surface area contributed by atoms with Crippen molar-refractivity contribution < 1.29 is 9.59 Å². The summed E-state index contributed by atoms with van der Waals surface area (Å²) in [6.07, 6.45) is 3.40. The largest absolute Gasteiger partial charge is 0.370 e. The van der Waals surface area contributed by atoms with Gasteiger partial charge in [0.05, 0.1) is 17.8 Å². The molecular formula is C21H25N7O2. The van der Waals surface area contributed by atoms with Crippen molar-refractivity contribution >= 4 is 29.0 Å². The molecule has 9 heteroatoms. The normalized spacial score (nSPS) is 14.1. The van der Waals surface area contributed by atoms with Crippen LogP contribution in [0.2, 0.25) is 0 Å². The Kier molecular flexibility index (Phi) is 5.35. The predicted octanol–water partition coefficient (Wildman–Crippen LogP) is 2.01. The molecule has 0 unspecified atom stereocenters. The lowest BCUT2D eigenvalue weighted by atomic mass is 10.1. The summed E-state index contributed by atoms with van der Waals surface area (Å²) in [6.45, 7) is 5.64. The van der Waals surface area contributed by atoms with Crippen LogP contribution in [0, 0.1) is 13.8 Å². The van der Waals surface area contributed by atoms with Gasteiger partial charge in [-0.25, -0.2) is 9.50 Å². The second kappa shape index (κ2) is 8.10. The molecule has 1 aromatic carbocycles. The highest BCUT2D eigenvalue weighted by atomic mass is 16.2. The van der Waals surface area contributed by atoms with E-state index >= 15 is 0 Å². The topological polar surface area (TPSA) is 119 Å². The van der Waals surface area contributed by atoms with Crippen LogP contribution in [0.1, 0.15) is 46.8 Å². The van der Waals surface area contributed by atoms with E-state index in [1.807, 2.05) is 26.0 Å². The van der Waals surface area contributed by atoms with Crippen molar-refractivity contribution in [3.05, 3.63) is 47.0 Å². The van der Waals surface area contributed by atoms with Gasteiger partial charge in [-0.05, 0) is 57.4 Å². The molecular weight excluding hydrogens is 382 g/mol. The van der Waals surface area contributed by atoms with Crippen molar-refractivity contribution in [3.63, 3.8) is 0 Å². The molecule has 9 nitrogen and oxygen atoms in total. The predicted molar refractivity (Wildman–Crippen MR) is 114 cm³/mol. The average molecular weight is 407 g/mol. The van der Waals surface area contributed by atoms with E-state index < -0.39 is 5.91 Å². The van der Waals surface area contributed by atoms with Crippen LogP contribution in [-0.2, 0) is 11.2 Å². The maximum absolute atomic E-state index is 12.8. The molecule has 0 aliphatic carbocycles. The number of aryl methyl sites for hydroxylation is 2. The Balaban J connectivity index is 1.58. The van der Waals surface area contributed by atoms with Gasteiger partial charge in [0, 0.05) is 30.0 Å². The first-order valence-corrected chi connectivity index (χ1v) is 10.1. The fourth-order valence-corrected chi connectivity index (χ4v) is 3.82. The zero-order valence-corrected chi connectivity index (χ0v) is 17.2. The molecule has 1 saturated heterocycles. The Hall–Kier alpha value is -3.49. The van der Waals surface area contributed by atoms with Crippen LogP contribution in [0.25, 0.3) is 5.78 Å². The van der Waals surface area contributed by atoms with E-state index in [0.29, 0.717) is 22.9 Å². The van der Waals surface area contributed by atoms with Crippen LogP contribution >= 0.6 is 0 Å². The molecule has 0 atom stereocenters. The molecule has 2 amide bonds. The second-order valence-electron chi connectivity index (χ2n) is 7.65. The first kappa shape index (κ1) is 19.8. The highest BCUT2D eigenvalue weighted by molar-refractivity contribution is 5.99. The molecule has 0 spiro atoms. The summed E-state index contributed by atoms with van der Waals surface area (Å²) in [6, 6.07) is 7.09. The van der Waals surface area contributed by atoms with E-state index in [2.05, 4.69) is 25.3 Å². The fraction of sp³-hybridized carbons (Fsp3) is 0.381. The van der Waals surface area contributed by atoms with Gasteiger partial charge in [-0.1, -0.05) is 0 Å². The van der Waals surface area contributed by atoms with Crippen molar-refractivity contribution in [2.24, 2.45) is 5.73 Å². The Morgan fingerprint density at radius 3 is 2.60 bits per heavy atom. The zero-order chi connectivity index (χ0) is 21.3. The summed E-state index contributed by atoms with van der Waals surface area (Å²) in [7, 11) is 0. The summed E-state index contributed by atoms with van der Waals surface area (Å²) in [5.74, 6) is 0.0640. The van der Waals surface area contributed by atoms with Crippen molar-refractivity contribution in [2.45, 2.75) is 39.5 Å². The molecule has 3 N–H and O–H groups in total. The van der Waals surface area contributed by atoms with Gasteiger partial charge in [0.2, 0.25) is 11.8 Å². The molecule has 0 bridgehead atoms. The lowest BCUT2D eigenvalue weighted by Crippen LogP contribution is -2.30. The number of hydrogen-bond acceptors (Lipinski definition) is 6. The number of rotatable bonds is 5. The number of aromatic nitrogens is 4. The Morgan fingerprint density at radius 2 is 1.87 bits per heavy atom. The van der Waals surface area contributed by atoms with Gasteiger partial charge < -0.3 is 16.0 Å². The molecule has 1 fully saturated rings. The summed E-state index contributed by atoms with van der Waals surface area (Å²) >= 11 is 0. The third kappa shape index (κ3) is 4.10. The number of amides is 2. The summed E-state index contributed by atoms with van der Waals surface area (Å²) < 4.78 is 1.63. The summed E-state index contributed by atoms with van der Waals surface area (Å²) in [5.41, 5.74) is 9.01. The van der Waals surface area contributed by atoms with Crippen molar-refractivity contribution in [3.8, 4) is 0 Å². The second-order valence-corrected chi connectivity index (χ2v) is 7.65. The van der Waals surface area contributed by atoms with Gasteiger partial charge >= 0.3 is 0 Å². The molecule has 3 aromatic rings. The minimum atomic E-state index is -0.533. The molecule has 1 aliphatic rings. The SMILES string of the molecule is Cc1cc(C)n2nc(CC(=O)Nc3cc(C(N)=O)ccc3N3CCCCC3)nc2n1. The van der Waals surface area contributed by atoms with E-state index in [0.717, 1.165) is 43.0 Å². The molecule has 1 aliphatic heterocycles. The number of nitrogens with zero attached hydrogens (tertiary/aromatic N) is 5. The van der Waals surface area contributed by atoms with Crippen molar-refractivity contribution in [1.82, 2.24) is 19.6 Å². The van der Waals surface area contributed by atoms with Crippen LogP contribution in [0.4, 0.5) is 11.4 Å². The minimum absolute atomic E-state index is 0.00207. The van der Waals surface area contributed by atoms with Gasteiger partial charge in [-0.3, -0.25) is 9.59 Å². The fourth-order valence-electron chi connectivity index (χ4n) is 3.82. The number of anilines is 2. The summed E-state index contributed by atoms with van der Waals surface area (Å²) in [5, 5.41) is 7.31. The van der Waals surface area contributed by atoms with Crippen LogP contribution in [-0.4, -0.2) is 44.5 Å². The van der Waals surface area contributed by atoms with E-state index in [9.17, 15) is 9.59 Å². The number of fused-ring (bicyclic) bond motifs is 1. The molecule has 156 valence electrons. The van der Waals surface area contributed by atoms with Gasteiger partial charge in [0.25, 0.3) is 5.78 Å². The molecule has 2 aromatic heterocycles. The van der Waals surface area contributed by atoms with E-state index in [1.165, 1.54) is 6.42 Å². The monoisotopic (exact) mass is 407 g/mol. The molecule has 4 rings (SSSR count). The van der Waals surface area contributed by atoms with Gasteiger partial charge in [0.1, 0.15) is 0 Å². The number of hydrogen-bond donors (Lipinski definition) is 2. The van der Waals surface area contributed by atoms with Crippen LogP contribution in [0.5, 0.6) is 0 Å². The molecule has 3 heterocycles. The maximum atomic E-state index is 12.8. The first-order chi connectivity index (χ1) is 14.4. The lowest BCUT2D eigenvalue weighted by molar-refractivity contribution is -0.115. The van der Waals surface area contributed by atoms with E-state index in [1.54, 1.807) is 16.6 Å². The maximum Gasteiger partial charge on any atom is 0.252 e. The Bertz CT molecular complexity index is 1120. The van der Waals surface area contributed by atoms with Gasteiger partial charge in [0.15, 0.2) is 5.82 Å². The number of nitrogens with one attached hydrogen (secondary N) is 1. The van der Waals surface area contributed by atoms with Gasteiger partial charge in [-0.2, -0.15) is 4.98 Å². The van der Waals surface area contributed by atoms with Crippen LogP contribution in [0.15, 0.2) is 24.3 Å². The van der Waals surface area contributed by atoms with Crippen molar-refractivity contribution in [1.29, 1.82) is 0 Å². The molecule has 30 heavy (non-hydrogen) atoms. The minimum Gasteiger partial charge on any atom is -0.370 e. The average Bonchev–Trinajstić information content (AvgIpc) is 3.11. The highest BCUT2D eigenvalue weighted by Gasteiger charge is 2.19. The van der Waals surface area contributed by atoms with Crippen LogP contribution < -0.4 is 16.0 Å². The van der Waals surface area contributed by atoms with Crippen LogP contribution in [0.3, 0.4) is 0 Å². The Morgan fingerprint density at radius 1 is 1.10 bits per heavy atom. The quantitative estimate of drug-likeness (QED) is 0.668. The number of carbonyl (C=O) groups is 2.